The highest BCUT2D eigenvalue weighted by molar-refractivity contribution is 7.92. The highest BCUT2D eigenvalue weighted by atomic mass is 32.2. The average Bonchev–Trinajstić information content (AvgIpc) is 3.50. The molecular formula is C72H50OS. The minimum atomic E-state index is -1.96. The molecule has 0 radical (unpaired) electrons. The van der Waals surface area contributed by atoms with Gasteiger partial charge in [-0.05, 0) is 66.8 Å². The van der Waals surface area contributed by atoms with Crippen molar-refractivity contribution in [3.8, 4) is 111 Å². The third kappa shape index (κ3) is 8.67. The standard InChI is InChI=1S/C72H50OS/c73-74(71-67(57-43-23-7-24-44-57)63(53-35-15-3-16-36-53)61(51-31-11-1-12-32-51)64(54-37-17-4-18-38-54)68(71)58-45-25-8-26-46-58)72-69(59-47-27-9-28-48-59)65(55-39-19-5-20-40-55)62(52-33-13-2-14-34-52)66(56-41-21-6-22-42-56)70(72)60-49-29-10-30-50-60/h1-50H. The van der Waals surface area contributed by atoms with Crippen molar-refractivity contribution < 1.29 is 4.55 Å². The maximum Gasteiger partial charge on any atom is 0.175 e. The predicted octanol–water partition coefficient (Wildman–Crippen LogP) is 19.5. The van der Waals surface area contributed by atoms with Gasteiger partial charge in [0.15, 0.2) is 9.79 Å². The van der Waals surface area contributed by atoms with Gasteiger partial charge in [0.25, 0.3) is 0 Å². The molecule has 0 aromatic heterocycles. The lowest BCUT2D eigenvalue weighted by atomic mass is 9.78. The van der Waals surface area contributed by atoms with Crippen molar-refractivity contribution in [1.29, 1.82) is 0 Å². The first kappa shape index (κ1) is 46.0. The molecule has 2 heteroatoms. The van der Waals surface area contributed by atoms with Crippen LogP contribution in [0.15, 0.2) is 313 Å². The van der Waals surface area contributed by atoms with Crippen molar-refractivity contribution >= 4 is 11.2 Å². The molecule has 12 rings (SSSR count). The Hall–Kier alpha value is -9.05. The van der Waals surface area contributed by atoms with Crippen LogP contribution in [0.2, 0.25) is 0 Å². The van der Waals surface area contributed by atoms with Crippen molar-refractivity contribution in [3.05, 3.63) is 303 Å². The summed E-state index contributed by atoms with van der Waals surface area (Å²) in [6.07, 6.45) is 0. The van der Waals surface area contributed by atoms with Crippen LogP contribution in [-0.4, -0.2) is 4.55 Å². The summed E-state index contributed by atoms with van der Waals surface area (Å²) in [7, 11) is 0. The van der Waals surface area contributed by atoms with Gasteiger partial charge in [-0.3, -0.25) is 0 Å². The minimum absolute atomic E-state index is 0.736. The molecule has 0 aliphatic carbocycles. The molecule has 1 nitrogen and oxygen atoms in total. The minimum Gasteiger partial charge on any atom is -0.606 e. The largest absolute Gasteiger partial charge is 0.606 e. The van der Waals surface area contributed by atoms with Crippen molar-refractivity contribution in [2.24, 2.45) is 0 Å². The molecule has 0 spiro atoms. The summed E-state index contributed by atoms with van der Waals surface area (Å²) in [6, 6.07) is 107. The Bertz CT molecular complexity index is 3350. The molecule has 0 N–H and O–H groups in total. The molecule has 0 unspecified atom stereocenters. The maximum atomic E-state index is 18.4. The van der Waals surface area contributed by atoms with E-state index in [-0.39, 0.29) is 0 Å². The van der Waals surface area contributed by atoms with Crippen LogP contribution < -0.4 is 0 Å². The summed E-state index contributed by atoms with van der Waals surface area (Å²) < 4.78 is 18.4. The van der Waals surface area contributed by atoms with E-state index < -0.39 is 11.2 Å². The SMILES string of the molecule is [O-][S+](c1c(-c2ccccc2)c(-c2ccccc2)c(-c2ccccc2)c(-c2ccccc2)c1-c1ccccc1)c1c(-c2ccccc2)c(-c2ccccc2)c(-c2ccccc2)c(-c2ccccc2)c1-c1ccccc1. The number of rotatable bonds is 12. The molecule has 12 aromatic carbocycles. The van der Waals surface area contributed by atoms with Crippen LogP contribution >= 0.6 is 0 Å². The second-order valence-corrected chi connectivity index (χ2v) is 19.7. The van der Waals surface area contributed by atoms with Crippen LogP contribution in [0.25, 0.3) is 111 Å². The van der Waals surface area contributed by atoms with E-state index in [0.29, 0.717) is 0 Å². The van der Waals surface area contributed by atoms with Crippen LogP contribution in [0.3, 0.4) is 0 Å². The highest BCUT2D eigenvalue weighted by Crippen LogP contribution is 2.59. The fraction of sp³-hybridized carbons (Fsp3) is 0. The predicted molar refractivity (Wildman–Crippen MR) is 312 cm³/mol. The summed E-state index contributed by atoms with van der Waals surface area (Å²) in [5.41, 5.74) is 20.0. The van der Waals surface area contributed by atoms with Gasteiger partial charge in [0.1, 0.15) is 0 Å². The summed E-state index contributed by atoms with van der Waals surface area (Å²) in [4.78, 5) is 1.47. The first-order valence-corrected chi connectivity index (χ1v) is 26.3. The third-order valence-corrected chi connectivity index (χ3v) is 15.5. The highest BCUT2D eigenvalue weighted by Gasteiger charge is 2.40. The lowest BCUT2D eigenvalue weighted by Gasteiger charge is -2.31. The quantitative estimate of drug-likeness (QED) is 0.112. The Kier molecular flexibility index (Phi) is 13.0. The zero-order chi connectivity index (χ0) is 49.6. The van der Waals surface area contributed by atoms with Gasteiger partial charge in [0, 0.05) is 55.7 Å². The molecule has 12 aromatic rings. The summed E-state index contributed by atoms with van der Waals surface area (Å²) >= 11 is -1.96. The molecule has 0 aliphatic rings. The molecule has 350 valence electrons. The van der Waals surface area contributed by atoms with E-state index in [9.17, 15) is 0 Å². The topological polar surface area (TPSA) is 23.1 Å². The van der Waals surface area contributed by atoms with E-state index in [4.69, 9.17) is 0 Å². The fourth-order valence-corrected chi connectivity index (χ4v) is 12.6. The summed E-state index contributed by atoms with van der Waals surface area (Å²) in [5, 5.41) is 0. The number of benzene rings is 12. The fourth-order valence-electron chi connectivity index (χ4n) is 10.8. The molecule has 0 bridgehead atoms. The zero-order valence-electron chi connectivity index (χ0n) is 40.7. The third-order valence-electron chi connectivity index (χ3n) is 13.9. The van der Waals surface area contributed by atoms with Crippen LogP contribution in [0.4, 0.5) is 0 Å². The number of hydrogen-bond donors (Lipinski definition) is 0. The van der Waals surface area contributed by atoms with Gasteiger partial charge < -0.3 is 4.55 Å². The van der Waals surface area contributed by atoms with E-state index in [2.05, 4.69) is 303 Å². The first-order chi connectivity index (χ1) is 36.7. The van der Waals surface area contributed by atoms with E-state index in [1.54, 1.807) is 0 Å². The van der Waals surface area contributed by atoms with Crippen LogP contribution in [-0.2, 0) is 11.2 Å². The molecule has 0 saturated carbocycles. The molecule has 74 heavy (non-hydrogen) atoms. The van der Waals surface area contributed by atoms with E-state index in [1.165, 1.54) is 0 Å². The van der Waals surface area contributed by atoms with Crippen LogP contribution in [0.1, 0.15) is 0 Å². The Balaban J connectivity index is 1.40. The summed E-state index contributed by atoms with van der Waals surface area (Å²) in [6.45, 7) is 0. The first-order valence-electron chi connectivity index (χ1n) is 25.2. The molecule has 0 saturated heterocycles. The van der Waals surface area contributed by atoms with Crippen LogP contribution in [0, 0.1) is 0 Å². The second kappa shape index (κ2) is 21.0. The molecular weight excluding hydrogens is 913 g/mol. The Morgan fingerprint density at radius 2 is 0.257 bits per heavy atom. The van der Waals surface area contributed by atoms with Gasteiger partial charge in [0.05, 0.1) is 0 Å². The average molecular weight is 963 g/mol. The van der Waals surface area contributed by atoms with Crippen molar-refractivity contribution in [3.63, 3.8) is 0 Å². The van der Waals surface area contributed by atoms with Crippen molar-refractivity contribution in [2.75, 3.05) is 0 Å². The van der Waals surface area contributed by atoms with Crippen LogP contribution in [0.5, 0.6) is 0 Å². The zero-order valence-corrected chi connectivity index (χ0v) is 41.5. The maximum absolute atomic E-state index is 18.4. The Labute approximate surface area is 437 Å². The van der Waals surface area contributed by atoms with E-state index >= 15 is 4.55 Å². The molecule has 0 heterocycles. The van der Waals surface area contributed by atoms with Gasteiger partial charge >= 0.3 is 0 Å². The van der Waals surface area contributed by atoms with Gasteiger partial charge in [-0.15, -0.1) is 0 Å². The summed E-state index contributed by atoms with van der Waals surface area (Å²) in [5.74, 6) is 0. The molecule has 0 aliphatic heterocycles. The van der Waals surface area contributed by atoms with Gasteiger partial charge in [-0.2, -0.15) is 0 Å². The van der Waals surface area contributed by atoms with E-state index in [1.807, 2.05) is 0 Å². The Morgan fingerprint density at radius 1 is 0.149 bits per heavy atom. The monoisotopic (exact) mass is 962 g/mol. The lowest BCUT2D eigenvalue weighted by molar-refractivity contribution is 0.596. The van der Waals surface area contributed by atoms with Crippen molar-refractivity contribution in [1.82, 2.24) is 0 Å². The number of hydrogen-bond acceptors (Lipinski definition) is 1. The van der Waals surface area contributed by atoms with Gasteiger partial charge in [-0.1, -0.05) is 303 Å². The molecule has 0 amide bonds. The molecule has 0 atom stereocenters. The van der Waals surface area contributed by atoms with E-state index in [0.717, 1.165) is 121 Å². The smallest absolute Gasteiger partial charge is 0.175 e. The van der Waals surface area contributed by atoms with Gasteiger partial charge in [-0.25, -0.2) is 0 Å². The molecule has 0 fully saturated rings. The second-order valence-electron chi connectivity index (χ2n) is 18.3. The normalized spacial score (nSPS) is 11.2. The lowest BCUT2D eigenvalue weighted by Crippen LogP contribution is -2.14. The van der Waals surface area contributed by atoms with Gasteiger partial charge in [0.2, 0.25) is 0 Å². The van der Waals surface area contributed by atoms with Crippen molar-refractivity contribution in [2.45, 2.75) is 9.79 Å². The Morgan fingerprint density at radius 3 is 0.392 bits per heavy atom.